The number of pyridine rings is 1. The zero-order valence-corrected chi connectivity index (χ0v) is 22.3. The molecule has 0 aromatic carbocycles. The molecule has 2 N–H and O–H groups in total. The number of hydrogen-bond donors (Lipinski definition) is 2. The van der Waals surface area contributed by atoms with Crippen molar-refractivity contribution < 1.29 is 31.9 Å². The summed E-state index contributed by atoms with van der Waals surface area (Å²) < 4.78 is 55.0. The quantitative estimate of drug-likeness (QED) is 0.534. The van der Waals surface area contributed by atoms with Crippen LogP contribution in [0.25, 0.3) is 5.65 Å². The summed E-state index contributed by atoms with van der Waals surface area (Å²) in [5, 5.41) is 13.9. The molecule has 0 radical (unpaired) electrons. The Morgan fingerprint density at radius 1 is 1.18 bits per heavy atom. The number of halogens is 4. The van der Waals surface area contributed by atoms with Crippen LogP contribution in [-0.4, -0.2) is 56.8 Å². The van der Waals surface area contributed by atoms with E-state index in [-0.39, 0.29) is 18.1 Å². The molecule has 40 heavy (non-hydrogen) atoms. The second kappa shape index (κ2) is 9.57. The lowest BCUT2D eigenvalue weighted by Gasteiger charge is -2.37. The van der Waals surface area contributed by atoms with Gasteiger partial charge in [-0.25, -0.2) is 4.98 Å². The molecule has 2 aromatic heterocycles. The molecule has 1 unspecified atom stereocenters. The number of carbonyl (C=O) groups is 3. The van der Waals surface area contributed by atoms with E-state index in [1.54, 1.807) is 17.5 Å². The topological polar surface area (TPSA) is 137 Å². The summed E-state index contributed by atoms with van der Waals surface area (Å²) in [6, 6.07) is 1.62. The second-order valence-electron chi connectivity index (χ2n) is 11.8. The Hall–Kier alpha value is -4.02. The summed E-state index contributed by atoms with van der Waals surface area (Å²) in [6.07, 6.45) is -3.94. The number of likely N-dealkylation sites (tertiary alicyclic amines) is 1. The average Bonchev–Trinajstić information content (AvgIpc) is 3.19. The molecule has 2 fully saturated rings. The zero-order valence-electron chi connectivity index (χ0n) is 22.3. The van der Waals surface area contributed by atoms with E-state index in [9.17, 15) is 42.0 Å². The van der Waals surface area contributed by atoms with E-state index in [2.05, 4.69) is 10.3 Å². The Bertz CT molecular complexity index is 1490. The third-order valence-electron chi connectivity index (χ3n) is 7.80. The molecule has 10 nitrogen and oxygen atoms in total. The summed E-state index contributed by atoms with van der Waals surface area (Å²) in [6.45, 7) is 8.18. The maximum absolute atomic E-state index is 15.0. The van der Waals surface area contributed by atoms with Crippen LogP contribution in [0.1, 0.15) is 46.4 Å². The molecule has 4 rings (SSSR count). The first-order valence-electron chi connectivity index (χ1n) is 12.5. The molecule has 3 amide bonds. The van der Waals surface area contributed by atoms with Crippen molar-refractivity contribution in [2.75, 3.05) is 6.54 Å². The Balaban J connectivity index is 1.66. The molecule has 1 saturated heterocycles. The molecule has 2 aliphatic rings. The van der Waals surface area contributed by atoms with E-state index in [4.69, 9.17) is 0 Å². The molecule has 0 bridgehead atoms. The van der Waals surface area contributed by atoms with E-state index >= 15 is 0 Å². The minimum atomic E-state index is -5.23. The van der Waals surface area contributed by atoms with Crippen LogP contribution in [-0.2, 0) is 14.4 Å². The van der Waals surface area contributed by atoms with Crippen LogP contribution in [0.4, 0.5) is 17.6 Å². The van der Waals surface area contributed by atoms with E-state index in [1.165, 1.54) is 39.1 Å². The number of rotatable bonds is 5. The molecule has 214 valence electrons. The van der Waals surface area contributed by atoms with Crippen LogP contribution >= 0.6 is 0 Å². The van der Waals surface area contributed by atoms with Gasteiger partial charge in [-0.15, -0.1) is 0 Å². The molecule has 1 aliphatic carbocycles. The van der Waals surface area contributed by atoms with Gasteiger partial charge in [0.15, 0.2) is 6.04 Å². The largest absolute Gasteiger partial charge is 0.471 e. The lowest BCUT2D eigenvalue weighted by atomic mass is 9.85. The third-order valence-corrected chi connectivity index (χ3v) is 7.80. The molecular weight excluding hydrogens is 536 g/mol. The van der Waals surface area contributed by atoms with Gasteiger partial charge in [0.05, 0.1) is 6.07 Å². The fraction of sp³-hybridized carbons (Fsp3) is 0.538. The van der Waals surface area contributed by atoms with Crippen molar-refractivity contribution in [3.63, 3.8) is 0 Å². The smallest absolute Gasteiger partial charge is 0.336 e. The van der Waals surface area contributed by atoms with Crippen molar-refractivity contribution in [3.05, 3.63) is 46.3 Å². The van der Waals surface area contributed by atoms with Crippen molar-refractivity contribution in [1.82, 2.24) is 24.9 Å². The Morgan fingerprint density at radius 2 is 1.82 bits per heavy atom. The molecule has 1 saturated carbocycles. The minimum absolute atomic E-state index is 0.0320. The van der Waals surface area contributed by atoms with Gasteiger partial charge in [-0.2, -0.15) is 22.8 Å². The number of hydrogen-bond acceptors (Lipinski definition) is 6. The monoisotopic (exact) mass is 564 g/mol. The number of fused-ring (bicyclic) bond motifs is 2. The SMILES string of the molecule is CC(C)(C)[C@H](NC(=O)C(F)(F)F)C(=O)N1C[C@H]2[C@@H]([C@H]1C(=O)NC(C#N)c1nc3ccccn3c(=O)c1F)C2(C)C. The average molecular weight is 565 g/mol. The van der Waals surface area contributed by atoms with Crippen LogP contribution in [0, 0.1) is 39.8 Å². The Morgan fingerprint density at radius 3 is 2.40 bits per heavy atom. The van der Waals surface area contributed by atoms with E-state index < -0.39 is 75.8 Å². The molecule has 2 aromatic rings. The highest BCUT2D eigenvalue weighted by Gasteiger charge is 2.70. The minimum Gasteiger partial charge on any atom is -0.336 e. The zero-order chi connectivity index (χ0) is 29.9. The highest BCUT2D eigenvalue weighted by molar-refractivity contribution is 5.95. The fourth-order valence-corrected chi connectivity index (χ4v) is 5.51. The molecule has 0 spiro atoms. The normalized spacial score (nSPS) is 23.1. The van der Waals surface area contributed by atoms with Crippen molar-refractivity contribution in [3.8, 4) is 6.07 Å². The van der Waals surface area contributed by atoms with Gasteiger partial charge < -0.3 is 15.5 Å². The first-order chi connectivity index (χ1) is 18.4. The predicted molar refractivity (Wildman–Crippen MR) is 132 cm³/mol. The maximum atomic E-state index is 15.0. The van der Waals surface area contributed by atoms with Crippen LogP contribution in [0.2, 0.25) is 0 Å². The van der Waals surface area contributed by atoms with Gasteiger partial charge in [0.25, 0.3) is 5.56 Å². The van der Waals surface area contributed by atoms with Gasteiger partial charge >= 0.3 is 12.1 Å². The number of nitrogens with zero attached hydrogens (tertiary/aromatic N) is 4. The van der Waals surface area contributed by atoms with Gasteiger partial charge in [0.2, 0.25) is 17.6 Å². The number of carbonyl (C=O) groups excluding carboxylic acids is 3. The van der Waals surface area contributed by atoms with Crippen molar-refractivity contribution in [2.45, 2.75) is 58.9 Å². The first-order valence-corrected chi connectivity index (χ1v) is 12.5. The van der Waals surface area contributed by atoms with Crippen molar-refractivity contribution in [1.29, 1.82) is 5.26 Å². The van der Waals surface area contributed by atoms with Crippen molar-refractivity contribution >= 4 is 23.4 Å². The van der Waals surface area contributed by atoms with Crippen LogP contribution in [0.5, 0.6) is 0 Å². The van der Waals surface area contributed by atoms with Gasteiger partial charge in [0.1, 0.15) is 23.4 Å². The summed E-state index contributed by atoms with van der Waals surface area (Å²) >= 11 is 0. The first kappa shape index (κ1) is 29.0. The third kappa shape index (κ3) is 4.89. The second-order valence-corrected chi connectivity index (χ2v) is 11.8. The summed E-state index contributed by atoms with van der Waals surface area (Å²) in [5.41, 5.74) is -3.22. The number of aromatic nitrogens is 2. The molecule has 14 heteroatoms. The van der Waals surface area contributed by atoms with Crippen LogP contribution < -0.4 is 16.2 Å². The van der Waals surface area contributed by atoms with Crippen molar-refractivity contribution in [2.24, 2.45) is 22.7 Å². The van der Waals surface area contributed by atoms with Crippen LogP contribution in [0.3, 0.4) is 0 Å². The standard InChI is InChI=1S/C26H28F4N6O4/c1-24(2,3)19(34-23(40)26(28,29)30)22(39)36-11-12-15(25(12,4)5)18(36)20(37)32-13(10-31)17-16(27)21(38)35-9-7-6-8-14(35)33-17/h6-9,12-13,15,18-19H,11H2,1-5H3,(H,32,37)(H,34,40)/t12-,13?,15-,18-,19+/m0/s1. The predicted octanol–water partition coefficient (Wildman–Crippen LogP) is 2.09. The number of amides is 3. The lowest BCUT2D eigenvalue weighted by Crippen LogP contribution is -2.60. The van der Waals surface area contributed by atoms with Gasteiger partial charge in [-0.3, -0.25) is 23.6 Å². The summed E-state index contributed by atoms with van der Waals surface area (Å²) in [7, 11) is 0. The Labute approximate surface area is 226 Å². The molecule has 3 heterocycles. The molecule has 1 aliphatic heterocycles. The maximum Gasteiger partial charge on any atom is 0.471 e. The molecule has 5 atom stereocenters. The van der Waals surface area contributed by atoms with E-state index in [0.717, 1.165) is 9.30 Å². The summed E-state index contributed by atoms with van der Waals surface area (Å²) in [5.74, 6) is -5.97. The fourth-order valence-electron chi connectivity index (χ4n) is 5.51. The van der Waals surface area contributed by atoms with Crippen LogP contribution in [0.15, 0.2) is 29.2 Å². The highest BCUT2D eigenvalue weighted by Crippen LogP contribution is 2.65. The van der Waals surface area contributed by atoms with E-state index in [0.29, 0.717) is 0 Å². The number of alkyl halides is 3. The van der Waals surface area contributed by atoms with E-state index in [1.807, 2.05) is 13.8 Å². The van der Waals surface area contributed by atoms with Gasteiger partial charge in [-0.1, -0.05) is 40.7 Å². The number of nitriles is 1. The summed E-state index contributed by atoms with van der Waals surface area (Å²) in [4.78, 5) is 56.5. The van der Waals surface area contributed by atoms with Gasteiger partial charge in [-0.05, 0) is 34.8 Å². The number of nitrogens with one attached hydrogen (secondary N) is 2. The number of piperidine rings is 1. The molecular formula is C26H28F4N6O4. The highest BCUT2D eigenvalue weighted by atomic mass is 19.4. The Kier molecular flexibility index (Phi) is 6.93. The lowest BCUT2D eigenvalue weighted by molar-refractivity contribution is -0.176. The van der Waals surface area contributed by atoms with Gasteiger partial charge in [0, 0.05) is 12.7 Å².